The molecule has 0 spiro atoms. The number of piperidine rings is 1. The normalized spacial score (nSPS) is 16.9. The van der Waals surface area contributed by atoms with Gasteiger partial charge >= 0.3 is 0 Å². The lowest BCUT2D eigenvalue weighted by Gasteiger charge is -2.29. The summed E-state index contributed by atoms with van der Waals surface area (Å²) in [5.41, 5.74) is 7.02. The van der Waals surface area contributed by atoms with Gasteiger partial charge in [0.05, 0.1) is 12.8 Å². The Morgan fingerprint density at radius 1 is 1.38 bits per heavy atom. The van der Waals surface area contributed by atoms with Gasteiger partial charge in [-0.1, -0.05) is 6.92 Å². The summed E-state index contributed by atoms with van der Waals surface area (Å²) in [4.78, 5) is 14.7. The van der Waals surface area contributed by atoms with Crippen molar-refractivity contribution in [3.8, 4) is 5.75 Å². The van der Waals surface area contributed by atoms with E-state index in [4.69, 9.17) is 10.5 Å². The van der Waals surface area contributed by atoms with Crippen molar-refractivity contribution in [1.29, 1.82) is 0 Å². The van der Waals surface area contributed by atoms with E-state index >= 15 is 0 Å². The number of ether oxygens (including phenoxy) is 1. The Hall–Kier alpha value is -1.55. The van der Waals surface area contributed by atoms with Crippen LogP contribution in [0.25, 0.3) is 0 Å². The number of hydrogen-bond donors (Lipinski definition) is 1. The Morgan fingerprint density at radius 3 is 2.76 bits per heavy atom. The maximum absolute atomic E-state index is 12.2. The molecule has 1 aromatic carbocycles. The van der Waals surface area contributed by atoms with Crippen LogP contribution in [-0.4, -0.2) is 37.4 Å². The van der Waals surface area contributed by atoms with E-state index in [1.807, 2.05) is 0 Å². The molecular weight excluding hydrogens is 264 g/mol. The number of nitrogens with zero attached hydrogens (tertiary/aromatic N) is 1. The highest BCUT2D eigenvalue weighted by molar-refractivity contribution is 5.97. The molecule has 0 unspecified atom stereocenters. The highest BCUT2D eigenvalue weighted by Gasteiger charge is 2.16. The average molecular weight is 290 g/mol. The van der Waals surface area contributed by atoms with Crippen molar-refractivity contribution in [3.05, 3.63) is 23.8 Å². The van der Waals surface area contributed by atoms with Crippen LogP contribution >= 0.6 is 0 Å². The number of nitrogen functional groups attached to an aromatic ring is 1. The molecular formula is C17H26N2O2. The van der Waals surface area contributed by atoms with Gasteiger partial charge in [0.2, 0.25) is 0 Å². The minimum absolute atomic E-state index is 0.165. The Labute approximate surface area is 127 Å². The quantitative estimate of drug-likeness (QED) is 0.646. The van der Waals surface area contributed by atoms with E-state index in [1.54, 1.807) is 25.3 Å². The molecule has 1 heterocycles. The number of likely N-dealkylation sites (tertiary alicyclic amines) is 1. The summed E-state index contributed by atoms with van der Waals surface area (Å²) < 4.78 is 5.16. The maximum Gasteiger partial charge on any atom is 0.163 e. The van der Waals surface area contributed by atoms with Gasteiger partial charge in [0.25, 0.3) is 0 Å². The minimum atomic E-state index is 0.165. The number of hydrogen-bond acceptors (Lipinski definition) is 4. The lowest BCUT2D eigenvalue weighted by Crippen LogP contribution is -2.33. The molecule has 0 aliphatic carbocycles. The van der Waals surface area contributed by atoms with E-state index in [0.29, 0.717) is 23.4 Å². The molecule has 1 aliphatic rings. The number of methoxy groups -OCH3 is 1. The number of carbonyl (C=O) groups excluding carboxylic acids is 1. The summed E-state index contributed by atoms with van der Waals surface area (Å²) in [6.07, 6.45) is 4.06. The summed E-state index contributed by atoms with van der Waals surface area (Å²) in [6.45, 7) is 5.68. The van der Waals surface area contributed by atoms with Crippen LogP contribution in [0.15, 0.2) is 18.2 Å². The number of benzene rings is 1. The first-order valence-corrected chi connectivity index (χ1v) is 7.79. The number of nitrogens with two attached hydrogens (primary N) is 1. The molecule has 1 saturated heterocycles. The average Bonchev–Trinajstić information content (AvgIpc) is 2.49. The molecule has 0 amide bonds. The lowest BCUT2D eigenvalue weighted by atomic mass is 9.99. The van der Waals surface area contributed by atoms with Gasteiger partial charge < -0.3 is 15.4 Å². The smallest absolute Gasteiger partial charge is 0.163 e. The van der Waals surface area contributed by atoms with Crippen molar-refractivity contribution in [1.82, 2.24) is 4.90 Å². The molecule has 0 bridgehead atoms. The van der Waals surface area contributed by atoms with Gasteiger partial charge in [-0.2, -0.15) is 0 Å². The van der Waals surface area contributed by atoms with Crippen LogP contribution in [0.1, 0.15) is 43.0 Å². The fraction of sp³-hybridized carbons (Fsp3) is 0.588. The number of rotatable bonds is 6. The number of carbonyl (C=O) groups is 1. The first-order valence-electron chi connectivity index (χ1n) is 7.79. The molecule has 0 aromatic heterocycles. The van der Waals surface area contributed by atoms with Crippen LogP contribution in [0, 0.1) is 5.92 Å². The monoisotopic (exact) mass is 290 g/mol. The minimum Gasteiger partial charge on any atom is -0.495 e. The Balaban J connectivity index is 1.79. The van der Waals surface area contributed by atoms with Crippen molar-refractivity contribution in [2.45, 2.75) is 32.6 Å². The van der Waals surface area contributed by atoms with Crippen molar-refractivity contribution < 1.29 is 9.53 Å². The summed E-state index contributed by atoms with van der Waals surface area (Å²) >= 11 is 0. The summed E-state index contributed by atoms with van der Waals surface area (Å²) in [7, 11) is 1.57. The fourth-order valence-electron chi connectivity index (χ4n) is 2.78. The zero-order valence-electron chi connectivity index (χ0n) is 13.1. The SMILES string of the molecule is COc1cc(C(=O)CCCN2CCC(C)CC2)ccc1N. The molecule has 4 nitrogen and oxygen atoms in total. The van der Waals surface area contributed by atoms with Crippen LogP contribution in [0.5, 0.6) is 5.75 Å². The third kappa shape index (κ3) is 4.46. The van der Waals surface area contributed by atoms with Crippen LogP contribution in [-0.2, 0) is 0 Å². The summed E-state index contributed by atoms with van der Waals surface area (Å²) in [5.74, 6) is 1.59. The Bertz CT molecular complexity index is 480. The van der Waals surface area contributed by atoms with Crippen molar-refractivity contribution in [2.75, 3.05) is 32.5 Å². The highest BCUT2D eigenvalue weighted by Crippen LogP contribution is 2.23. The van der Waals surface area contributed by atoms with E-state index < -0.39 is 0 Å². The third-order valence-corrected chi connectivity index (χ3v) is 4.31. The van der Waals surface area contributed by atoms with Gasteiger partial charge in [0.1, 0.15) is 5.75 Å². The second-order valence-electron chi connectivity index (χ2n) is 6.01. The molecule has 1 fully saturated rings. The van der Waals surface area contributed by atoms with E-state index in [0.717, 1.165) is 18.9 Å². The molecule has 116 valence electrons. The van der Waals surface area contributed by atoms with E-state index in [1.165, 1.54) is 25.9 Å². The molecule has 0 saturated carbocycles. The molecule has 0 radical (unpaired) electrons. The molecule has 1 aromatic rings. The van der Waals surface area contributed by atoms with Gasteiger partial charge in [-0.05, 0) is 63.0 Å². The Kier molecular flexibility index (Phi) is 5.62. The molecule has 21 heavy (non-hydrogen) atoms. The fourth-order valence-corrected chi connectivity index (χ4v) is 2.78. The first-order chi connectivity index (χ1) is 10.1. The van der Waals surface area contributed by atoms with Gasteiger partial charge in [-0.3, -0.25) is 4.79 Å². The summed E-state index contributed by atoms with van der Waals surface area (Å²) in [5, 5.41) is 0. The van der Waals surface area contributed by atoms with E-state index in [-0.39, 0.29) is 5.78 Å². The zero-order valence-corrected chi connectivity index (χ0v) is 13.1. The van der Waals surface area contributed by atoms with Crippen molar-refractivity contribution >= 4 is 11.5 Å². The van der Waals surface area contributed by atoms with Crippen LogP contribution in [0.3, 0.4) is 0 Å². The second-order valence-corrected chi connectivity index (χ2v) is 6.01. The van der Waals surface area contributed by atoms with Gasteiger partial charge in [-0.25, -0.2) is 0 Å². The van der Waals surface area contributed by atoms with Crippen molar-refractivity contribution in [2.24, 2.45) is 5.92 Å². The maximum atomic E-state index is 12.2. The largest absolute Gasteiger partial charge is 0.495 e. The van der Waals surface area contributed by atoms with Gasteiger partial charge in [-0.15, -0.1) is 0 Å². The molecule has 2 N–H and O–H groups in total. The van der Waals surface area contributed by atoms with Crippen LogP contribution in [0.2, 0.25) is 0 Å². The molecule has 4 heteroatoms. The van der Waals surface area contributed by atoms with E-state index in [2.05, 4.69) is 11.8 Å². The summed E-state index contributed by atoms with van der Waals surface area (Å²) in [6, 6.07) is 5.25. The number of anilines is 1. The molecule has 1 aliphatic heterocycles. The van der Waals surface area contributed by atoms with Gasteiger partial charge in [0, 0.05) is 12.0 Å². The van der Waals surface area contributed by atoms with E-state index in [9.17, 15) is 4.79 Å². The number of Topliss-reactive ketones (excluding diaryl/α,β-unsaturated/α-hetero) is 1. The number of ketones is 1. The second kappa shape index (κ2) is 7.46. The van der Waals surface area contributed by atoms with Crippen LogP contribution < -0.4 is 10.5 Å². The zero-order chi connectivity index (χ0) is 15.2. The van der Waals surface area contributed by atoms with Crippen LogP contribution in [0.4, 0.5) is 5.69 Å². The Morgan fingerprint density at radius 2 is 2.10 bits per heavy atom. The predicted octanol–water partition coefficient (Wildman–Crippen LogP) is 2.97. The predicted molar refractivity (Wildman–Crippen MR) is 85.8 cm³/mol. The first kappa shape index (κ1) is 15.8. The lowest BCUT2D eigenvalue weighted by molar-refractivity contribution is 0.0970. The highest BCUT2D eigenvalue weighted by atomic mass is 16.5. The van der Waals surface area contributed by atoms with Gasteiger partial charge in [0.15, 0.2) is 5.78 Å². The van der Waals surface area contributed by atoms with Crippen molar-refractivity contribution in [3.63, 3.8) is 0 Å². The molecule has 0 atom stereocenters. The molecule has 2 rings (SSSR count). The standard InChI is InChI=1S/C17H26N2O2/c1-13-7-10-19(11-8-13)9-3-4-16(20)14-5-6-15(18)17(12-14)21-2/h5-6,12-13H,3-4,7-11,18H2,1-2H3. The topological polar surface area (TPSA) is 55.6 Å². The third-order valence-electron chi connectivity index (χ3n) is 4.31.